The molecule has 0 amide bonds. The molecule has 0 saturated heterocycles. The van der Waals surface area contributed by atoms with E-state index in [1.165, 1.54) is 26.0 Å². The number of thiophene rings is 1. The minimum absolute atomic E-state index is 0.275. The number of ether oxygens (including phenoxy) is 2. The molecule has 2 aromatic heterocycles. The van der Waals surface area contributed by atoms with Gasteiger partial charge < -0.3 is 14.6 Å². The minimum atomic E-state index is -0.944. The third-order valence-corrected chi connectivity index (χ3v) is 3.98. The zero-order chi connectivity index (χ0) is 13.8. The van der Waals surface area contributed by atoms with Gasteiger partial charge in [0.2, 0.25) is 11.8 Å². The van der Waals surface area contributed by atoms with Crippen LogP contribution in [0.3, 0.4) is 0 Å². The van der Waals surface area contributed by atoms with Gasteiger partial charge in [-0.05, 0) is 17.8 Å². The number of methoxy groups -OCH3 is 2. The van der Waals surface area contributed by atoms with Gasteiger partial charge in [-0.15, -0.1) is 11.3 Å². The van der Waals surface area contributed by atoms with Gasteiger partial charge in [-0.3, -0.25) is 0 Å². The van der Waals surface area contributed by atoms with Crippen LogP contribution in [0.1, 0.15) is 9.67 Å². The van der Waals surface area contributed by atoms with Crippen LogP contribution in [0.15, 0.2) is 27.6 Å². The lowest BCUT2D eigenvalue weighted by Gasteiger charge is -2.04. The molecule has 0 spiro atoms. The Morgan fingerprint density at radius 1 is 1.26 bits per heavy atom. The third-order valence-electron chi connectivity index (χ3n) is 2.07. The molecular weight excluding hydrogens is 288 g/mol. The smallest absolute Gasteiger partial charge is 0.345 e. The van der Waals surface area contributed by atoms with Gasteiger partial charge >= 0.3 is 5.97 Å². The van der Waals surface area contributed by atoms with E-state index in [1.807, 2.05) is 0 Å². The lowest BCUT2D eigenvalue weighted by Crippen LogP contribution is -1.95. The number of carboxylic acids is 1. The van der Waals surface area contributed by atoms with E-state index in [-0.39, 0.29) is 4.88 Å². The fourth-order valence-corrected chi connectivity index (χ4v) is 2.91. The number of carboxylic acid groups (broad SMARTS) is 1. The first kappa shape index (κ1) is 13.6. The highest BCUT2D eigenvalue weighted by molar-refractivity contribution is 7.99. The van der Waals surface area contributed by atoms with E-state index >= 15 is 0 Å². The number of rotatable bonds is 5. The Bertz CT molecular complexity index is 578. The minimum Gasteiger partial charge on any atom is -0.481 e. The van der Waals surface area contributed by atoms with Crippen molar-refractivity contribution in [1.29, 1.82) is 0 Å². The van der Waals surface area contributed by atoms with E-state index in [0.717, 1.165) is 16.2 Å². The Hall–Kier alpha value is -1.80. The number of aromatic nitrogens is 2. The second kappa shape index (κ2) is 5.89. The van der Waals surface area contributed by atoms with Crippen LogP contribution in [-0.4, -0.2) is 35.3 Å². The number of nitrogens with zero attached hydrogens (tertiary/aromatic N) is 2. The summed E-state index contributed by atoms with van der Waals surface area (Å²) in [6.07, 6.45) is 0. The van der Waals surface area contributed by atoms with Gasteiger partial charge in [0.1, 0.15) is 4.88 Å². The second-order valence-electron chi connectivity index (χ2n) is 3.29. The van der Waals surface area contributed by atoms with Gasteiger partial charge in [0.25, 0.3) is 0 Å². The standard InChI is InChI=1S/C11H10N2O4S2/c1-16-8-4-9(17-2)13-11(12-8)19-6-3-7(10(14)15)18-5-6/h3-5H,1-2H3,(H,14,15). The summed E-state index contributed by atoms with van der Waals surface area (Å²) in [5.41, 5.74) is 0. The molecule has 0 radical (unpaired) electrons. The van der Waals surface area contributed by atoms with Crippen molar-refractivity contribution in [2.24, 2.45) is 0 Å². The molecule has 1 N–H and O–H groups in total. The first-order chi connectivity index (χ1) is 9.12. The molecule has 2 heterocycles. The van der Waals surface area contributed by atoms with Crippen LogP contribution in [0, 0.1) is 0 Å². The maximum absolute atomic E-state index is 10.8. The van der Waals surface area contributed by atoms with E-state index in [1.54, 1.807) is 17.5 Å². The number of hydrogen-bond acceptors (Lipinski definition) is 7. The molecule has 0 aliphatic rings. The Balaban J connectivity index is 2.23. The summed E-state index contributed by atoms with van der Waals surface area (Å²) in [6, 6.07) is 3.15. The lowest BCUT2D eigenvalue weighted by molar-refractivity contribution is 0.0702. The maximum atomic E-state index is 10.8. The van der Waals surface area contributed by atoms with Crippen LogP contribution in [0.5, 0.6) is 11.8 Å². The molecule has 0 unspecified atom stereocenters. The van der Waals surface area contributed by atoms with Gasteiger partial charge in [-0.25, -0.2) is 4.79 Å². The zero-order valence-corrected chi connectivity index (χ0v) is 11.7. The van der Waals surface area contributed by atoms with Crippen molar-refractivity contribution in [3.63, 3.8) is 0 Å². The lowest BCUT2D eigenvalue weighted by atomic mass is 10.5. The zero-order valence-electron chi connectivity index (χ0n) is 10.1. The summed E-state index contributed by atoms with van der Waals surface area (Å²) in [4.78, 5) is 20.1. The van der Waals surface area contributed by atoms with Gasteiger partial charge in [0, 0.05) is 10.3 Å². The molecule has 6 nitrogen and oxygen atoms in total. The Morgan fingerprint density at radius 3 is 2.37 bits per heavy atom. The second-order valence-corrected chi connectivity index (χ2v) is 5.24. The van der Waals surface area contributed by atoms with Gasteiger partial charge in [-0.2, -0.15) is 9.97 Å². The molecule has 19 heavy (non-hydrogen) atoms. The molecule has 100 valence electrons. The highest BCUT2D eigenvalue weighted by Crippen LogP contribution is 2.31. The Kier molecular flexibility index (Phi) is 4.23. The predicted octanol–water partition coefficient (Wildman–Crippen LogP) is 2.40. The van der Waals surface area contributed by atoms with Crippen molar-refractivity contribution in [3.8, 4) is 11.8 Å². The van der Waals surface area contributed by atoms with E-state index in [9.17, 15) is 4.79 Å². The molecule has 8 heteroatoms. The van der Waals surface area contributed by atoms with Crippen molar-refractivity contribution in [2.45, 2.75) is 10.1 Å². The molecule has 0 bridgehead atoms. The Morgan fingerprint density at radius 2 is 1.89 bits per heavy atom. The molecule has 0 atom stereocenters. The first-order valence-electron chi connectivity index (χ1n) is 5.09. The summed E-state index contributed by atoms with van der Waals surface area (Å²) in [5.74, 6) is -0.160. The Labute approximate surface area is 117 Å². The van der Waals surface area contributed by atoms with Gasteiger partial charge in [-0.1, -0.05) is 0 Å². The SMILES string of the molecule is COc1cc(OC)nc(Sc2csc(C(=O)O)c2)n1. The number of hydrogen-bond donors (Lipinski definition) is 1. The van der Waals surface area contributed by atoms with Crippen molar-refractivity contribution >= 4 is 29.1 Å². The van der Waals surface area contributed by atoms with Crippen molar-refractivity contribution in [2.75, 3.05) is 14.2 Å². The molecule has 0 saturated carbocycles. The molecule has 0 aliphatic heterocycles. The molecule has 0 fully saturated rings. The van der Waals surface area contributed by atoms with Crippen molar-refractivity contribution in [1.82, 2.24) is 9.97 Å². The highest BCUT2D eigenvalue weighted by Gasteiger charge is 2.11. The van der Waals surface area contributed by atoms with Crippen LogP contribution >= 0.6 is 23.1 Å². The van der Waals surface area contributed by atoms with Gasteiger partial charge in [0.05, 0.1) is 20.3 Å². The fourth-order valence-electron chi connectivity index (χ4n) is 1.23. The van der Waals surface area contributed by atoms with Crippen LogP contribution in [0.2, 0.25) is 0 Å². The molecule has 2 rings (SSSR count). The van der Waals surface area contributed by atoms with Crippen molar-refractivity contribution < 1.29 is 19.4 Å². The first-order valence-corrected chi connectivity index (χ1v) is 6.78. The summed E-state index contributed by atoms with van der Waals surface area (Å²) in [7, 11) is 3.01. The van der Waals surface area contributed by atoms with Gasteiger partial charge in [0.15, 0.2) is 5.16 Å². The summed E-state index contributed by atoms with van der Waals surface area (Å²) in [6.45, 7) is 0. The van der Waals surface area contributed by atoms with Crippen molar-refractivity contribution in [3.05, 3.63) is 22.4 Å². The summed E-state index contributed by atoms with van der Waals surface area (Å²) >= 11 is 2.41. The molecular formula is C11H10N2O4S2. The van der Waals surface area contributed by atoms with E-state index in [0.29, 0.717) is 16.9 Å². The topological polar surface area (TPSA) is 81.5 Å². The maximum Gasteiger partial charge on any atom is 0.345 e. The summed E-state index contributed by atoms with van der Waals surface area (Å²) in [5, 5.41) is 11.0. The largest absolute Gasteiger partial charge is 0.481 e. The van der Waals surface area contributed by atoms with E-state index in [2.05, 4.69) is 9.97 Å². The van der Waals surface area contributed by atoms with Crippen LogP contribution < -0.4 is 9.47 Å². The molecule has 2 aromatic rings. The van der Waals surface area contributed by atoms with Crippen LogP contribution in [0.25, 0.3) is 0 Å². The third kappa shape index (κ3) is 3.36. The van der Waals surface area contributed by atoms with Crippen LogP contribution in [-0.2, 0) is 0 Å². The predicted molar refractivity (Wildman–Crippen MR) is 70.5 cm³/mol. The summed E-state index contributed by atoms with van der Waals surface area (Å²) < 4.78 is 10.1. The average molecular weight is 298 g/mol. The normalized spacial score (nSPS) is 10.2. The fraction of sp³-hybridized carbons (Fsp3) is 0.182. The van der Waals surface area contributed by atoms with Crippen LogP contribution in [0.4, 0.5) is 0 Å². The molecule has 0 aliphatic carbocycles. The number of carbonyl (C=O) groups is 1. The quantitative estimate of drug-likeness (QED) is 0.849. The van der Waals surface area contributed by atoms with E-state index < -0.39 is 5.97 Å². The number of aromatic carboxylic acids is 1. The average Bonchev–Trinajstić information content (AvgIpc) is 2.87. The monoisotopic (exact) mass is 298 g/mol. The highest BCUT2D eigenvalue weighted by atomic mass is 32.2. The van der Waals surface area contributed by atoms with E-state index in [4.69, 9.17) is 14.6 Å². The molecule has 0 aromatic carbocycles.